The van der Waals surface area contributed by atoms with E-state index in [2.05, 4.69) is 5.32 Å². The molecule has 0 heterocycles. The van der Waals surface area contributed by atoms with Gasteiger partial charge >= 0.3 is 0 Å². The van der Waals surface area contributed by atoms with Gasteiger partial charge in [0.05, 0.1) is 6.54 Å². The van der Waals surface area contributed by atoms with Crippen LogP contribution < -0.4 is 5.32 Å². The summed E-state index contributed by atoms with van der Waals surface area (Å²) in [7, 11) is 3.21. The van der Waals surface area contributed by atoms with Crippen LogP contribution in [0.1, 0.15) is 11.1 Å². The van der Waals surface area contributed by atoms with Crippen LogP contribution in [0.5, 0.6) is 0 Å². The van der Waals surface area contributed by atoms with Gasteiger partial charge in [-0.15, -0.1) is 0 Å². The van der Waals surface area contributed by atoms with Crippen LogP contribution in [0.4, 0.5) is 0 Å². The maximum Gasteiger partial charge on any atom is 0.261 e. The fourth-order valence-electron chi connectivity index (χ4n) is 2.23. The van der Waals surface area contributed by atoms with Crippen molar-refractivity contribution in [2.75, 3.05) is 20.6 Å². The Morgan fingerprint density at radius 2 is 1.39 bits per heavy atom. The summed E-state index contributed by atoms with van der Waals surface area (Å²) in [6.07, 6.45) is 0. The average molecular weight is 312 g/mol. The fourth-order valence-corrected chi connectivity index (χ4v) is 2.23. The van der Waals surface area contributed by atoms with Gasteiger partial charge in [0, 0.05) is 14.1 Å². The SMILES string of the molecule is CN(C)C(=O)CNC(=O)C(O)(c1ccccc1)c1ccccc1. The molecule has 2 aromatic rings. The molecular formula is C18H20N2O3. The minimum atomic E-state index is -1.85. The summed E-state index contributed by atoms with van der Waals surface area (Å²) in [5.74, 6) is -0.882. The van der Waals surface area contributed by atoms with E-state index in [0.717, 1.165) is 0 Å². The lowest BCUT2D eigenvalue weighted by atomic mass is 9.85. The van der Waals surface area contributed by atoms with Gasteiger partial charge in [-0.2, -0.15) is 0 Å². The molecule has 2 rings (SSSR count). The lowest BCUT2D eigenvalue weighted by Gasteiger charge is -2.28. The van der Waals surface area contributed by atoms with E-state index in [4.69, 9.17) is 0 Å². The van der Waals surface area contributed by atoms with Crippen LogP contribution >= 0.6 is 0 Å². The van der Waals surface area contributed by atoms with E-state index in [-0.39, 0.29) is 12.5 Å². The summed E-state index contributed by atoms with van der Waals surface area (Å²) in [6.45, 7) is -0.173. The summed E-state index contributed by atoms with van der Waals surface area (Å²) >= 11 is 0. The minimum Gasteiger partial charge on any atom is -0.372 e. The molecule has 2 N–H and O–H groups in total. The molecule has 23 heavy (non-hydrogen) atoms. The van der Waals surface area contributed by atoms with Crippen molar-refractivity contribution in [3.63, 3.8) is 0 Å². The second-order valence-electron chi connectivity index (χ2n) is 5.41. The van der Waals surface area contributed by atoms with E-state index in [1.54, 1.807) is 62.6 Å². The molecule has 0 aliphatic heterocycles. The van der Waals surface area contributed by atoms with Gasteiger partial charge in [-0.05, 0) is 11.1 Å². The van der Waals surface area contributed by atoms with Gasteiger partial charge in [0.2, 0.25) is 5.91 Å². The molecule has 5 heteroatoms. The molecule has 2 aromatic carbocycles. The molecular weight excluding hydrogens is 292 g/mol. The number of carbonyl (C=O) groups is 2. The highest BCUT2D eigenvalue weighted by Gasteiger charge is 2.39. The highest BCUT2D eigenvalue weighted by atomic mass is 16.3. The summed E-state index contributed by atoms with van der Waals surface area (Å²) < 4.78 is 0. The summed E-state index contributed by atoms with van der Waals surface area (Å²) in [6, 6.07) is 17.3. The second-order valence-corrected chi connectivity index (χ2v) is 5.41. The number of amides is 2. The molecule has 0 fully saturated rings. The molecule has 0 spiro atoms. The van der Waals surface area contributed by atoms with Crippen molar-refractivity contribution in [1.82, 2.24) is 10.2 Å². The first-order valence-electron chi connectivity index (χ1n) is 7.28. The van der Waals surface area contributed by atoms with Crippen LogP contribution in [0.25, 0.3) is 0 Å². The lowest BCUT2D eigenvalue weighted by Crippen LogP contribution is -2.48. The Hall–Kier alpha value is -2.66. The zero-order chi connectivity index (χ0) is 16.9. The van der Waals surface area contributed by atoms with Crippen molar-refractivity contribution in [2.24, 2.45) is 0 Å². The van der Waals surface area contributed by atoms with Gasteiger partial charge in [-0.3, -0.25) is 9.59 Å². The quantitative estimate of drug-likeness (QED) is 0.869. The van der Waals surface area contributed by atoms with Crippen molar-refractivity contribution < 1.29 is 14.7 Å². The van der Waals surface area contributed by atoms with Gasteiger partial charge in [0.15, 0.2) is 5.60 Å². The molecule has 120 valence electrons. The summed E-state index contributed by atoms with van der Waals surface area (Å²) in [5, 5.41) is 13.7. The van der Waals surface area contributed by atoms with Crippen molar-refractivity contribution in [3.05, 3.63) is 71.8 Å². The number of nitrogens with zero attached hydrogens (tertiary/aromatic N) is 1. The fraction of sp³-hybridized carbons (Fsp3) is 0.222. The van der Waals surface area contributed by atoms with Crippen molar-refractivity contribution >= 4 is 11.8 Å². The van der Waals surface area contributed by atoms with Crippen molar-refractivity contribution in [3.8, 4) is 0 Å². The molecule has 0 saturated carbocycles. The zero-order valence-electron chi connectivity index (χ0n) is 13.2. The molecule has 0 saturated heterocycles. The van der Waals surface area contributed by atoms with Gasteiger partial charge < -0.3 is 15.3 Å². The van der Waals surface area contributed by atoms with E-state index in [1.165, 1.54) is 4.90 Å². The van der Waals surface area contributed by atoms with E-state index < -0.39 is 11.5 Å². The molecule has 0 unspecified atom stereocenters. The van der Waals surface area contributed by atoms with Crippen molar-refractivity contribution in [1.29, 1.82) is 0 Å². The third-order valence-electron chi connectivity index (χ3n) is 3.61. The molecule has 0 aliphatic carbocycles. The Bertz CT molecular complexity index is 630. The Labute approximate surface area is 135 Å². The maximum atomic E-state index is 12.7. The first-order valence-corrected chi connectivity index (χ1v) is 7.28. The number of nitrogens with one attached hydrogen (secondary N) is 1. The van der Waals surface area contributed by atoms with Gasteiger partial charge in [0.1, 0.15) is 0 Å². The Morgan fingerprint density at radius 3 is 1.78 bits per heavy atom. The lowest BCUT2D eigenvalue weighted by molar-refractivity contribution is -0.139. The van der Waals surface area contributed by atoms with E-state index in [0.29, 0.717) is 11.1 Å². The number of likely N-dealkylation sites (N-methyl/N-ethyl adjacent to an activating group) is 1. The normalized spacial score (nSPS) is 10.9. The largest absolute Gasteiger partial charge is 0.372 e. The third kappa shape index (κ3) is 3.57. The van der Waals surface area contributed by atoms with E-state index in [9.17, 15) is 14.7 Å². The topological polar surface area (TPSA) is 69.6 Å². The monoisotopic (exact) mass is 312 g/mol. The molecule has 0 aliphatic rings. The van der Waals surface area contributed by atoms with Gasteiger partial charge in [0.25, 0.3) is 5.91 Å². The highest BCUT2D eigenvalue weighted by molar-refractivity contribution is 5.92. The average Bonchev–Trinajstić information content (AvgIpc) is 2.60. The smallest absolute Gasteiger partial charge is 0.261 e. The third-order valence-corrected chi connectivity index (χ3v) is 3.61. The Kier molecular flexibility index (Phi) is 5.13. The van der Waals surface area contributed by atoms with Crippen LogP contribution in [0.3, 0.4) is 0 Å². The van der Waals surface area contributed by atoms with Gasteiger partial charge in [-0.1, -0.05) is 60.7 Å². The van der Waals surface area contributed by atoms with Crippen molar-refractivity contribution in [2.45, 2.75) is 5.60 Å². The predicted molar refractivity (Wildman–Crippen MR) is 87.6 cm³/mol. The molecule has 2 amide bonds. The van der Waals surface area contributed by atoms with E-state index in [1.807, 2.05) is 12.1 Å². The maximum absolute atomic E-state index is 12.7. The van der Waals surface area contributed by atoms with Crippen LogP contribution in [0.15, 0.2) is 60.7 Å². The number of hydrogen-bond acceptors (Lipinski definition) is 3. The number of hydrogen-bond donors (Lipinski definition) is 2. The highest BCUT2D eigenvalue weighted by Crippen LogP contribution is 2.29. The number of aliphatic hydroxyl groups is 1. The second kappa shape index (κ2) is 7.07. The summed E-state index contributed by atoms with van der Waals surface area (Å²) in [5.41, 5.74) is -0.961. The standard InChI is InChI=1S/C18H20N2O3/c1-20(2)16(21)13-19-17(22)18(23,14-9-5-3-6-10-14)15-11-7-4-8-12-15/h3-12,23H,13H2,1-2H3,(H,19,22). The van der Waals surface area contributed by atoms with E-state index >= 15 is 0 Å². The zero-order valence-corrected chi connectivity index (χ0v) is 13.2. The summed E-state index contributed by atoms with van der Waals surface area (Å²) in [4.78, 5) is 25.7. The molecule has 0 bridgehead atoms. The van der Waals surface area contributed by atoms with Crippen LogP contribution in [-0.2, 0) is 15.2 Å². The first-order chi connectivity index (χ1) is 11.0. The number of benzene rings is 2. The predicted octanol–water partition coefficient (Wildman–Crippen LogP) is 1.13. The van der Waals surface area contributed by atoms with Crippen LogP contribution in [0.2, 0.25) is 0 Å². The van der Waals surface area contributed by atoms with Crippen LogP contribution in [-0.4, -0.2) is 42.5 Å². The Balaban J connectivity index is 2.35. The Morgan fingerprint density at radius 1 is 0.957 bits per heavy atom. The minimum absolute atomic E-state index is 0.173. The molecule has 0 aromatic heterocycles. The molecule has 0 atom stereocenters. The molecule has 0 radical (unpaired) electrons. The number of rotatable bonds is 5. The van der Waals surface area contributed by atoms with Crippen LogP contribution in [0, 0.1) is 0 Å². The molecule has 5 nitrogen and oxygen atoms in total. The van der Waals surface area contributed by atoms with Gasteiger partial charge in [-0.25, -0.2) is 0 Å². The number of carbonyl (C=O) groups excluding carboxylic acids is 2. The first kappa shape index (κ1) is 16.7.